The standard InChI is InChI=1S/C41H46N4O7/c1-41(2,3)52-40(50)45-30-18-11-10-16-28(30)24-35(45)38(48)44-31(26-13-6-5-7-14-26)20-21-32(44)36(46)43-25-29-17-9-8-15-27(29)23-34(43)37(47)42-22-12-19-33(42)39(49)51-4/h5-11,13-18,31-35H,12,19-25H2,1-4H3/t31-,32+,33?,34+,35+/m0/s1. The lowest BCUT2D eigenvalue weighted by molar-refractivity contribution is -0.157. The van der Waals surface area contributed by atoms with Crippen molar-refractivity contribution in [3.8, 4) is 0 Å². The summed E-state index contributed by atoms with van der Waals surface area (Å²) in [6, 6.07) is 21.0. The zero-order valence-corrected chi connectivity index (χ0v) is 30.2. The Kier molecular flexibility index (Phi) is 9.54. The van der Waals surface area contributed by atoms with Crippen LogP contribution in [0, 0.1) is 0 Å². The molecule has 3 aromatic carbocycles. The predicted octanol–water partition coefficient (Wildman–Crippen LogP) is 5.20. The van der Waals surface area contributed by atoms with Crippen LogP contribution in [-0.2, 0) is 48.0 Å². The summed E-state index contributed by atoms with van der Waals surface area (Å²) in [6.07, 6.45) is 2.00. The molecule has 1 unspecified atom stereocenters. The van der Waals surface area contributed by atoms with Crippen molar-refractivity contribution in [2.45, 2.75) is 102 Å². The number of amides is 4. The van der Waals surface area contributed by atoms with Gasteiger partial charge in [0.15, 0.2) is 0 Å². The van der Waals surface area contributed by atoms with Crippen molar-refractivity contribution in [1.29, 1.82) is 0 Å². The minimum Gasteiger partial charge on any atom is -0.467 e. The molecular formula is C41H46N4O7. The molecule has 2 saturated heterocycles. The normalized spacial score (nSPS) is 24.0. The molecule has 4 amide bonds. The van der Waals surface area contributed by atoms with E-state index in [-0.39, 0.29) is 37.1 Å². The zero-order chi connectivity index (χ0) is 36.7. The molecule has 272 valence electrons. The van der Waals surface area contributed by atoms with Crippen LogP contribution < -0.4 is 4.90 Å². The molecule has 3 aromatic rings. The first kappa shape index (κ1) is 35.2. The fourth-order valence-electron chi connectivity index (χ4n) is 8.43. The third-order valence-electron chi connectivity index (χ3n) is 10.8. The van der Waals surface area contributed by atoms with E-state index in [1.807, 2.05) is 78.9 Å². The molecule has 7 rings (SSSR count). The maximum absolute atomic E-state index is 15.1. The van der Waals surface area contributed by atoms with Crippen LogP contribution in [0.15, 0.2) is 78.9 Å². The fraction of sp³-hybridized carbons (Fsp3) is 0.439. The number of hydrogen-bond acceptors (Lipinski definition) is 7. The van der Waals surface area contributed by atoms with E-state index < -0.39 is 47.9 Å². The van der Waals surface area contributed by atoms with Gasteiger partial charge in [0.25, 0.3) is 0 Å². The summed E-state index contributed by atoms with van der Waals surface area (Å²) < 4.78 is 10.9. The predicted molar refractivity (Wildman–Crippen MR) is 193 cm³/mol. The Morgan fingerprint density at radius 1 is 0.654 bits per heavy atom. The number of benzene rings is 3. The van der Waals surface area contributed by atoms with E-state index in [1.54, 1.807) is 35.5 Å². The van der Waals surface area contributed by atoms with Crippen molar-refractivity contribution in [1.82, 2.24) is 14.7 Å². The van der Waals surface area contributed by atoms with Gasteiger partial charge >= 0.3 is 12.1 Å². The third-order valence-corrected chi connectivity index (χ3v) is 10.8. The third kappa shape index (κ3) is 6.52. The molecule has 0 spiro atoms. The molecule has 11 nitrogen and oxygen atoms in total. The molecule has 0 bridgehead atoms. The van der Waals surface area contributed by atoms with Gasteiger partial charge < -0.3 is 24.2 Å². The summed E-state index contributed by atoms with van der Waals surface area (Å²) in [7, 11) is 1.32. The Bertz CT molecular complexity index is 1870. The molecule has 4 aliphatic rings. The number of carbonyl (C=O) groups excluding carboxylic acids is 5. The highest BCUT2D eigenvalue weighted by Crippen LogP contribution is 2.42. The fourth-order valence-corrected chi connectivity index (χ4v) is 8.43. The lowest BCUT2D eigenvalue weighted by atomic mass is 9.92. The average molecular weight is 707 g/mol. The van der Waals surface area contributed by atoms with Gasteiger partial charge in [0, 0.05) is 25.9 Å². The monoisotopic (exact) mass is 706 g/mol. The summed E-state index contributed by atoms with van der Waals surface area (Å²) in [5.41, 5.74) is 3.45. The lowest BCUT2D eigenvalue weighted by Crippen LogP contribution is -2.60. The lowest BCUT2D eigenvalue weighted by Gasteiger charge is -2.42. The first-order valence-corrected chi connectivity index (χ1v) is 18.2. The molecule has 0 aliphatic carbocycles. The number of hydrogen-bond donors (Lipinski definition) is 0. The highest BCUT2D eigenvalue weighted by Gasteiger charge is 2.51. The summed E-state index contributed by atoms with van der Waals surface area (Å²) in [4.78, 5) is 77.5. The number of nitrogens with zero attached hydrogens (tertiary/aromatic N) is 4. The van der Waals surface area contributed by atoms with Crippen LogP contribution in [-0.4, -0.2) is 87.9 Å². The van der Waals surface area contributed by atoms with Crippen LogP contribution in [0.5, 0.6) is 0 Å². The van der Waals surface area contributed by atoms with E-state index >= 15 is 9.59 Å². The number of rotatable bonds is 5. The van der Waals surface area contributed by atoms with Gasteiger partial charge in [-0.25, -0.2) is 9.59 Å². The van der Waals surface area contributed by atoms with Gasteiger partial charge in [-0.2, -0.15) is 0 Å². The van der Waals surface area contributed by atoms with E-state index in [9.17, 15) is 14.4 Å². The summed E-state index contributed by atoms with van der Waals surface area (Å²) in [6.45, 7) is 5.94. The maximum Gasteiger partial charge on any atom is 0.415 e. The van der Waals surface area contributed by atoms with Gasteiger partial charge in [-0.1, -0.05) is 72.8 Å². The average Bonchev–Trinajstić information content (AvgIpc) is 3.90. The van der Waals surface area contributed by atoms with E-state index in [1.165, 1.54) is 12.0 Å². The molecule has 52 heavy (non-hydrogen) atoms. The number of ether oxygens (including phenoxy) is 2. The van der Waals surface area contributed by atoms with Crippen molar-refractivity contribution in [3.05, 3.63) is 101 Å². The first-order valence-electron chi connectivity index (χ1n) is 18.2. The number of fused-ring (bicyclic) bond motifs is 2. The molecule has 0 radical (unpaired) electrons. The van der Waals surface area contributed by atoms with E-state index in [2.05, 4.69) is 0 Å². The largest absolute Gasteiger partial charge is 0.467 e. The van der Waals surface area contributed by atoms with Gasteiger partial charge in [-0.3, -0.25) is 19.3 Å². The van der Waals surface area contributed by atoms with E-state index in [4.69, 9.17) is 9.47 Å². The Labute approximate surface area is 304 Å². The van der Waals surface area contributed by atoms with Crippen molar-refractivity contribution >= 4 is 35.5 Å². The Morgan fingerprint density at radius 2 is 1.29 bits per heavy atom. The molecule has 4 aliphatic heterocycles. The molecule has 11 heteroatoms. The molecular weight excluding hydrogens is 660 g/mol. The Hall–Kier alpha value is -5.19. The van der Waals surface area contributed by atoms with Gasteiger partial charge in [-0.05, 0) is 74.8 Å². The smallest absolute Gasteiger partial charge is 0.415 e. The highest BCUT2D eigenvalue weighted by atomic mass is 16.6. The molecule has 2 fully saturated rings. The van der Waals surface area contributed by atoms with Crippen molar-refractivity contribution in [2.75, 3.05) is 18.6 Å². The number of carbonyl (C=O) groups is 5. The van der Waals surface area contributed by atoms with Crippen LogP contribution in [0.2, 0.25) is 0 Å². The van der Waals surface area contributed by atoms with Gasteiger partial charge in [-0.15, -0.1) is 0 Å². The highest BCUT2D eigenvalue weighted by molar-refractivity contribution is 6.02. The SMILES string of the molecule is COC(=O)C1CCCN1C(=O)[C@H]1Cc2ccccc2CN1C(=O)[C@H]1CC[C@@H](c2ccccc2)N1C(=O)[C@H]1Cc2ccccc2N1C(=O)OC(C)(C)C. The number of methoxy groups -OCH3 is 1. The van der Waals surface area contributed by atoms with E-state index in [0.29, 0.717) is 37.9 Å². The number of esters is 1. The second kappa shape index (κ2) is 14.1. The van der Waals surface area contributed by atoms with Gasteiger partial charge in [0.2, 0.25) is 17.7 Å². The van der Waals surface area contributed by atoms with Gasteiger partial charge in [0.05, 0.1) is 18.8 Å². The van der Waals surface area contributed by atoms with Crippen LogP contribution in [0.4, 0.5) is 10.5 Å². The van der Waals surface area contributed by atoms with Crippen molar-refractivity contribution < 1.29 is 33.4 Å². The Balaban J connectivity index is 1.26. The molecule has 4 heterocycles. The topological polar surface area (TPSA) is 117 Å². The van der Waals surface area contributed by atoms with E-state index in [0.717, 1.165) is 22.3 Å². The summed E-state index contributed by atoms with van der Waals surface area (Å²) >= 11 is 0. The summed E-state index contributed by atoms with van der Waals surface area (Å²) in [5.74, 6) is -1.44. The second-order valence-electron chi connectivity index (χ2n) is 15.1. The number of anilines is 1. The van der Waals surface area contributed by atoms with Crippen molar-refractivity contribution in [3.63, 3.8) is 0 Å². The minimum absolute atomic E-state index is 0.190. The van der Waals surface area contributed by atoms with Gasteiger partial charge in [0.1, 0.15) is 29.8 Å². The molecule has 0 aromatic heterocycles. The van der Waals surface area contributed by atoms with Crippen LogP contribution in [0.3, 0.4) is 0 Å². The first-order chi connectivity index (χ1) is 25.0. The van der Waals surface area contributed by atoms with Crippen LogP contribution in [0.25, 0.3) is 0 Å². The minimum atomic E-state index is -0.934. The zero-order valence-electron chi connectivity index (χ0n) is 30.2. The van der Waals surface area contributed by atoms with Crippen LogP contribution >= 0.6 is 0 Å². The number of likely N-dealkylation sites (tertiary alicyclic amines) is 2. The number of para-hydroxylation sites is 1. The summed E-state index contributed by atoms with van der Waals surface area (Å²) in [5, 5.41) is 0. The molecule has 5 atom stereocenters. The maximum atomic E-state index is 15.1. The Morgan fingerprint density at radius 3 is 2.00 bits per heavy atom. The van der Waals surface area contributed by atoms with Crippen molar-refractivity contribution in [2.24, 2.45) is 0 Å². The second-order valence-corrected chi connectivity index (χ2v) is 15.1. The molecule has 0 N–H and O–H groups in total. The quantitative estimate of drug-likeness (QED) is 0.335. The molecule has 0 saturated carbocycles. The van der Waals surface area contributed by atoms with Crippen LogP contribution in [0.1, 0.15) is 74.8 Å².